The molecule has 0 fully saturated rings. The van der Waals surface area contributed by atoms with Crippen molar-refractivity contribution in [3.63, 3.8) is 0 Å². The van der Waals surface area contributed by atoms with Gasteiger partial charge >= 0.3 is 0 Å². The molecule has 4 nitrogen and oxygen atoms in total. The third-order valence-corrected chi connectivity index (χ3v) is 2.61. The molecule has 98 valence electrons. The summed E-state index contributed by atoms with van der Waals surface area (Å²) < 4.78 is 19.6. The van der Waals surface area contributed by atoms with Crippen LogP contribution in [0.15, 0.2) is 36.5 Å². The number of carbonyl (C=O) groups is 1. The van der Waals surface area contributed by atoms with Gasteiger partial charge in [0.1, 0.15) is 5.82 Å². The molecule has 0 aliphatic carbocycles. The minimum Gasteiger partial charge on any atom is -0.478 e. The molecule has 0 aliphatic rings. The van der Waals surface area contributed by atoms with Crippen molar-refractivity contribution >= 4 is 5.91 Å². The maximum absolute atomic E-state index is 14.2. The van der Waals surface area contributed by atoms with Crippen molar-refractivity contribution in [1.29, 1.82) is 0 Å². The minimum absolute atomic E-state index is 0.149. The van der Waals surface area contributed by atoms with E-state index in [0.717, 1.165) is 0 Å². The first kappa shape index (κ1) is 13.0. The Balaban J connectivity index is 2.59. The predicted molar refractivity (Wildman–Crippen MR) is 69.3 cm³/mol. The second-order valence-corrected chi connectivity index (χ2v) is 3.82. The lowest BCUT2D eigenvalue weighted by molar-refractivity contribution is 0.0996. The number of nitrogens with two attached hydrogens (primary N) is 1. The quantitative estimate of drug-likeness (QED) is 0.917. The van der Waals surface area contributed by atoms with Crippen molar-refractivity contribution in [2.75, 3.05) is 6.61 Å². The van der Waals surface area contributed by atoms with E-state index in [-0.39, 0.29) is 11.1 Å². The lowest BCUT2D eigenvalue weighted by Crippen LogP contribution is -2.13. The van der Waals surface area contributed by atoms with Gasteiger partial charge in [0, 0.05) is 17.3 Å². The molecule has 0 saturated heterocycles. The molecule has 0 spiro atoms. The number of nitrogens with zero attached hydrogens (tertiary/aromatic N) is 1. The van der Waals surface area contributed by atoms with Crippen molar-refractivity contribution in [2.24, 2.45) is 5.73 Å². The topological polar surface area (TPSA) is 65.2 Å². The summed E-state index contributed by atoms with van der Waals surface area (Å²) in [5.41, 5.74) is 5.72. The van der Waals surface area contributed by atoms with Crippen LogP contribution in [0.25, 0.3) is 11.1 Å². The SMILES string of the molecule is CCOc1ncccc1-c1cccc(C(N)=O)c1F. The van der Waals surface area contributed by atoms with Gasteiger partial charge in [0.25, 0.3) is 5.91 Å². The van der Waals surface area contributed by atoms with Gasteiger partial charge in [-0.25, -0.2) is 9.37 Å². The molecule has 0 saturated carbocycles. The molecule has 0 radical (unpaired) electrons. The van der Waals surface area contributed by atoms with Crippen molar-refractivity contribution in [1.82, 2.24) is 4.98 Å². The highest BCUT2D eigenvalue weighted by Crippen LogP contribution is 2.31. The average molecular weight is 260 g/mol. The third kappa shape index (κ3) is 2.54. The summed E-state index contributed by atoms with van der Waals surface area (Å²) in [6.45, 7) is 2.23. The second-order valence-electron chi connectivity index (χ2n) is 3.82. The molecule has 2 aromatic rings. The molecule has 1 aromatic heterocycles. The molecular formula is C14H13FN2O2. The van der Waals surface area contributed by atoms with E-state index in [1.807, 2.05) is 6.92 Å². The van der Waals surface area contributed by atoms with Crippen LogP contribution in [-0.4, -0.2) is 17.5 Å². The Labute approximate surface area is 110 Å². The van der Waals surface area contributed by atoms with Crippen molar-refractivity contribution in [2.45, 2.75) is 6.92 Å². The van der Waals surface area contributed by atoms with E-state index < -0.39 is 11.7 Å². The van der Waals surface area contributed by atoms with E-state index in [0.29, 0.717) is 18.1 Å². The van der Waals surface area contributed by atoms with Crippen LogP contribution >= 0.6 is 0 Å². The zero-order chi connectivity index (χ0) is 13.8. The molecule has 19 heavy (non-hydrogen) atoms. The van der Waals surface area contributed by atoms with Crippen molar-refractivity contribution in [3.8, 4) is 17.0 Å². The Kier molecular flexibility index (Phi) is 3.75. The fourth-order valence-corrected chi connectivity index (χ4v) is 1.78. The Bertz CT molecular complexity index is 614. The van der Waals surface area contributed by atoms with Gasteiger partial charge in [-0.05, 0) is 25.1 Å². The fourth-order valence-electron chi connectivity index (χ4n) is 1.78. The number of amides is 1. The first-order valence-electron chi connectivity index (χ1n) is 5.81. The molecule has 2 N–H and O–H groups in total. The van der Waals surface area contributed by atoms with Crippen LogP contribution in [0.4, 0.5) is 4.39 Å². The summed E-state index contributed by atoms with van der Waals surface area (Å²) in [7, 11) is 0. The number of carbonyl (C=O) groups excluding carboxylic acids is 1. The lowest BCUT2D eigenvalue weighted by Gasteiger charge is -2.10. The Morgan fingerprint density at radius 1 is 1.32 bits per heavy atom. The van der Waals surface area contributed by atoms with E-state index in [9.17, 15) is 9.18 Å². The molecule has 0 bridgehead atoms. The second kappa shape index (κ2) is 5.48. The number of aromatic nitrogens is 1. The van der Waals surface area contributed by atoms with Gasteiger partial charge in [-0.3, -0.25) is 4.79 Å². The van der Waals surface area contributed by atoms with E-state index in [1.165, 1.54) is 6.07 Å². The molecule has 2 rings (SSSR count). The number of halogens is 1. The normalized spacial score (nSPS) is 10.2. The fraction of sp³-hybridized carbons (Fsp3) is 0.143. The first-order valence-corrected chi connectivity index (χ1v) is 5.81. The Morgan fingerprint density at radius 2 is 2.05 bits per heavy atom. The maximum Gasteiger partial charge on any atom is 0.251 e. The van der Waals surface area contributed by atoms with Gasteiger partial charge in [-0.1, -0.05) is 12.1 Å². The van der Waals surface area contributed by atoms with Crippen molar-refractivity contribution < 1.29 is 13.9 Å². The molecule has 1 aromatic carbocycles. The van der Waals surface area contributed by atoms with Crippen LogP contribution in [0, 0.1) is 5.82 Å². The van der Waals surface area contributed by atoms with Crippen LogP contribution < -0.4 is 10.5 Å². The first-order chi connectivity index (χ1) is 9.15. The number of rotatable bonds is 4. The van der Waals surface area contributed by atoms with Gasteiger partial charge in [-0.15, -0.1) is 0 Å². The highest BCUT2D eigenvalue weighted by Gasteiger charge is 2.16. The third-order valence-electron chi connectivity index (χ3n) is 2.61. The van der Waals surface area contributed by atoms with Gasteiger partial charge in [0.15, 0.2) is 0 Å². The zero-order valence-electron chi connectivity index (χ0n) is 10.4. The standard InChI is InChI=1S/C14H13FN2O2/c1-2-19-14-10(7-4-8-17-14)9-5-3-6-11(12(9)15)13(16)18/h3-8H,2H2,1H3,(H2,16,18). The van der Waals surface area contributed by atoms with Crippen LogP contribution in [0.1, 0.15) is 17.3 Å². The number of ether oxygens (including phenoxy) is 1. The van der Waals surface area contributed by atoms with Crippen LogP contribution in [-0.2, 0) is 0 Å². The van der Waals surface area contributed by atoms with E-state index >= 15 is 0 Å². The lowest BCUT2D eigenvalue weighted by atomic mass is 10.0. The maximum atomic E-state index is 14.2. The summed E-state index contributed by atoms with van der Waals surface area (Å²) in [6, 6.07) is 7.83. The minimum atomic E-state index is -0.804. The number of hydrogen-bond acceptors (Lipinski definition) is 3. The smallest absolute Gasteiger partial charge is 0.251 e. The summed E-state index contributed by atoms with van der Waals surface area (Å²) in [5.74, 6) is -1.14. The largest absolute Gasteiger partial charge is 0.478 e. The van der Waals surface area contributed by atoms with Crippen LogP contribution in [0.2, 0.25) is 0 Å². The van der Waals surface area contributed by atoms with E-state index in [2.05, 4.69) is 4.98 Å². The zero-order valence-corrected chi connectivity index (χ0v) is 10.4. The molecular weight excluding hydrogens is 247 g/mol. The number of pyridine rings is 1. The van der Waals surface area contributed by atoms with Crippen LogP contribution in [0.5, 0.6) is 5.88 Å². The monoisotopic (exact) mass is 260 g/mol. The Morgan fingerprint density at radius 3 is 2.74 bits per heavy atom. The predicted octanol–water partition coefficient (Wildman–Crippen LogP) is 2.39. The van der Waals surface area contributed by atoms with Gasteiger partial charge in [0.05, 0.1) is 12.2 Å². The summed E-state index contributed by atoms with van der Waals surface area (Å²) in [6.07, 6.45) is 1.56. The van der Waals surface area contributed by atoms with Gasteiger partial charge in [-0.2, -0.15) is 0 Å². The summed E-state index contributed by atoms with van der Waals surface area (Å²) in [5, 5.41) is 0. The van der Waals surface area contributed by atoms with Gasteiger partial charge < -0.3 is 10.5 Å². The number of primary amides is 1. The molecule has 0 aliphatic heterocycles. The van der Waals surface area contributed by atoms with Crippen molar-refractivity contribution in [3.05, 3.63) is 47.9 Å². The summed E-state index contributed by atoms with van der Waals surface area (Å²) in [4.78, 5) is 15.2. The number of hydrogen-bond donors (Lipinski definition) is 1. The highest BCUT2D eigenvalue weighted by atomic mass is 19.1. The van der Waals surface area contributed by atoms with Crippen LogP contribution in [0.3, 0.4) is 0 Å². The Hall–Kier alpha value is -2.43. The van der Waals surface area contributed by atoms with E-state index in [4.69, 9.17) is 10.5 Å². The molecule has 0 unspecified atom stereocenters. The number of benzene rings is 1. The van der Waals surface area contributed by atoms with E-state index in [1.54, 1.807) is 30.5 Å². The molecule has 1 amide bonds. The molecule has 5 heteroatoms. The summed E-state index contributed by atoms with van der Waals surface area (Å²) >= 11 is 0. The average Bonchev–Trinajstić information content (AvgIpc) is 2.40. The highest BCUT2D eigenvalue weighted by molar-refractivity contribution is 5.94. The molecule has 0 atom stereocenters. The van der Waals surface area contributed by atoms with Gasteiger partial charge in [0.2, 0.25) is 5.88 Å². The molecule has 1 heterocycles.